The molecule has 0 spiro atoms. The van der Waals surface area contributed by atoms with Crippen LogP contribution in [0.5, 0.6) is 0 Å². The van der Waals surface area contributed by atoms with Gasteiger partial charge in [0.25, 0.3) is 0 Å². The standard InChI is InChI=1S/C29H21BrN4O/c30-23-11-9-20(10-12-23)26-27(25(22(15-32)16-33)19-4-2-1-3-5-19)24-13-6-18(14-31)17-34(24)28(26)29(35)21-7-8-21/h1-6,9-13,17,21,24,26-28H,7-8H2/t24-,26-,27-,28-/m1/s1. The van der Waals surface area contributed by atoms with E-state index < -0.39 is 6.04 Å². The fourth-order valence-corrected chi connectivity index (χ4v) is 5.71. The topological polar surface area (TPSA) is 91.7 Å². The highest BCUT2D eigenvalue weighted by Crippen LogP contribution is 2.53. The molecule has 6 heteroatoms. The van der Waals surface area contributed by atoms with Gasteiger partial charge in [0.1, 0.15) is 23.8 Å². The minimum Gasteiger partial charge on any atom is -0.359 e. The van der Waals surface area contributed by atoms with Gasteiger partial charge in [0.05, 0.1) is 17.7 Å². The van der Waals surface area contributed by atoms with Gasteiger partial charge in [0, 0.05) is 28.4 Å². The second kappa shape index (κ2) is 9.38. The number of allylic oxidation sites excluding steroid dienone is 3. The van der Waals surface area contributed by atoms with E-state index in [9.17, 15) is 20.6 Å². The second-order valence-electron chi connectivity index (χ2n) is 9.10. The van der Waals surface area contributed by atoms with Gasteiger partial charge in [-0.1, -0.05) is 64.5 Å². The van der Waals surface area contributed by atoms with Crippen molar-refractivity contribution in [3.05, 3.63) is 99.7 Å². The lowest BCUT2D eigenvalue weighted by Crippen LogP contribution is -2.40. The predicted molar refractivity (Wildman–Crippen MR) is 135 cm³/mol. The molecule has 0 unspecified atom stereocenters. The number of nitrogens with zero attached hydrogens (tertiary/aromatic N) is 4. The van der Waals surface area contributed by atoms with E-state index in [0.29, 0.717) is 11.1 Å². The van der Waals surface area contributed by atoms with E-state index in [1.807, 2.05) is 65.6 Å². The van der Waals surface area contributed by atoms with Crippen molar-refractivity contribution >= 4 is 27.3 Å². The predicted octanol–water partition coefficient (Wildman–Crippen LogP) is 5.66. The van der Waals surface area contributed by atoms with E-state index in [1.165, 1.54) is 0 Å². The van der Waals surface area contributed by atoms with Crippen molar-refractivity contribution < 1.29 is 4.79 Å². The van der Waals surface area contributed by atoms with Crippen LogP contribution >= 0.6 is 15.9 Å². The van der Waals surface area contributed by atoms with Crippen LogP contribution in [0.15, 0.2) is 88.6 Å². The summed E-state index contributed by atoms with van der Waals surface area (Å²) in [5.74, 6) is -0.463. The number of nitriles is 3. The highest BCUT2D eigenvalue weighted by atomic mass is 79.9. The summed E-state index contributed by atoms with van der Waals surface area (Å²) < 4.78 is 0.929. The van der Waals surface area contributed by atoms with Crippen molar-refractivity contribution in [1.82, 2.24) is 4.90 Å². The second-order valence-corrected chi connectivity index (χ2v) is 10.0. The van der Waals surface area contributed by atoms with Crippen molar-refractivity contribution in [2.75, 3.05) is 0 Å². The quantitative estimate of drug-likeness (QED) is 0.474. The summed E-state index contributed by atoms with van der Waals surface area (Å²) >= 11 is 3.51. The van der Waals surface area contributed by atoms with Gasteiger partial charge < -0.3 is 4.90 Å². The molecule has 0 bridgehead atoms. The Morgan fingerprint density at radius 3 is 2.26 bits per heavy atom. The van der Waals surface area contributed by atoms with Crippen molar-refractivity contribution in [2.45, 2.75) is 30.8 Å². The first-order valence-corrected chi connectivity index (χ1v) is 12.3. The van der Waals surface area contributed by atoms with Gasteiger partial charge in [-0.05, 0) is 47.8 Å². The Hall–Kier alpha value is -3.92. The third-order valence-electron chi connectivity index (χ3n) is 7.09. The number of carbonyl (C=O) groups excluding carboxylic acids is 1. The van der Waals surface area contributed by atoms with E-state index in [2.05, 4.69) is 34.1 Å². The lowest BCUT2D eigenvalue weighted by molar-refractivity contribution is -0.124. The van der Waals surface area contributed by atoms with Crippen LogP contribution in [0.1, 0.15) is 29.9 Å². The molecule has 1 aliphatic carbocycles. The maximum absolute atomic E-state index is 13.8. The maximum atomic E-state index is 13.8. The molecule has 4 atom stereocenters. The summed E-state index contributed by atoms with van der Waals surface area (Å²) in [6.45, 7) is 0. The third kappa shape index (κ3) is 4.10. The molecule has 35 heavy (non-hydrogen) atoms. The average Bonchev–Trinajstić information content (AvgIpc) is 3.70. The maximum Gasteiger partial charge on any atom is 0.158 e. The number of carbonyl (C=O) groups is 1. The summed E-state index contributed by atoms with van der Waals surface area (Å²) in [5, 5.41) is 29.5. The number of fused-ring (bicyclic) bond motifs is 1. The van der Waals surface area contributed by atoms with Crippen LogP contribution < -0.4 is 0 Å². The zero-order valence-corrected chi connectivity index (χ0v) is 20.4. The summed E-state index contributed by atoms with van der Waals surface area (Å²) in [6.07, 6.45) is 7.25. The van der Waals surface area contributed by atoms with Gasteiger partial charge in [-0.25, -0.2) is 0 Å². The molecule has 170 valence electrons. The summed E-state index contributed by atoms with van der Waals surface area (Å²) in [5.41, 5.74) is 2.93. The zero-order chi connectivity index (χ0) is 24.5. The minimum atomic E-state index is -0.496. The summed E-state index contributed by atoms with van der Waals surface area (Å²) in [7, 11) is 0. The van der Waals surface area contributed by atoms with Crippen molar-refractivity contribution in [3.8, 4) is 18.2 Å². The first kappa shape index (κ1) is 22.9. The van der Waals surface area contributed by atoms with Gasteiger partial charge in [-0.15, -0.1) is 0 Å². The first-order valence-electron chi connectivity index (χ1n) is 11.5. The number of hydrogen-bond acceptors (Lipinski definition) is 5. The molecule has 2 aromatic carbocycles. The molecule has 2 aromatic rings. The van der Waals surface area contributed by atoms with Crippen LogP contribution in [0.4, 0.5) is 0 Å². The lowest BCUT2D eigenvalue weighted by atomic mass is 9.73. The summed E-state index contributed by atoms with van der Waals surface area (Å²) in [6, 6.07) is 23.1. The van der Waals surface area contributed by atoms with Gasteiger partial charge in [-0.3, -0.25) is 4.79 Å². The molecule has 0 aromatic heterocycles. The summed E-state index contributed by atoms with van der Waals surface area (Å²) in [4.78, 5) is 15.8. The van der Waals surface area contributed by atoms with Crippen LogP contribution in [-0.2, 0) is 4.79 Å². The van der Waals surface area contributed by atoms with Crippen LogP contribution in [0, 0.1) is 45.8 Å². The molecule has 5 rings (SSSR count). The Labute approximate surface area is 213 Å². The number of benzene rings is 2. The number of hydrogen-bond donors (Lipinski definition) is 0. The van der Waals surface area contributed by atoms with Crippen molar-refractivity contribution in [1.29, 1.82) is 15.8 Å². The number of rotatable bonds is 5. The molecule has 0 N–H and O–H groups in total. The molecule has 1 saturated carbocycles. The Balaban J connectivity index is 1.78. The Kier molecular flexibility index (Phi) is 6.12. The van der Waals surface area contributed by atoms with Crippen LogP contribution in [-0.4, -0.2) is 22.8 Å². The Morgan fingerprint density at radius 1 is 0.971 bits per heavy atom. The molecule has 1 saturated heterocycles. The van der Waals surface area contributed by atoms with Gasteiger partial charge in [-0.2, -0.15) is 15.8 Å². The highest BCUT2D eigenvalue weighted by molar-refractivity contribution is 9.10. The molecule has 0 radical (unpaired) electrons. The largest absolute Gasteiger partial charge is 0.359 e. The number of Topliss-reactive ketones (excluding diaryl/α,β-unsaturated/α-hetero) is 1. The molecular formula is C29H21BrN4O. The molecule has 3 aliphatic rings. The highest BCUT2D eigenvalue weighted by Gasteiger charge is 2.55. The van der Waals surface area contributed by atoms with E-state index >= 15 is 0 Å². The van der Waals surface area contributed by atoms with Crippen LogP contribution in [0.25, 0.3) is 5.57 Å². The monoisotopic (exact) mass is 520 g/mol. The molecule has 2 fully saturated rings. The van der Waals surface area contributed by atoms with E-state index in [-0.39, 0.29) is 35.2 Å². The molecule has 2 heterocycles. The number of ketones is 1. The fourth-order valence-electron chi connectivity index (χ4n) is 5.45. The smallest absolute Gasteiger partial charge is 0.158 e. The van der Waals surface area contributed by atoms with E-state index in [1.54, 1.807) is 12.3 Å². The van der Waals surface area contributed by atoms with Gasteiger partial charge >= 0.3 is 0 Å². The average molecular weight is 521 g/mol. The van der Waals surface area contributed by atoms with Crippen molar-refractivity contribution in [2.24, 2.45) is 11.8 Å². The van der Waals surface area contributed by atoms with E-state index in [0.717, 1.165) is 28.4 Å². The lowest BCUT2D eigenvalue weighted by Gasteiger charge is -2.31. The normalized spacial score (nSPS) is 24.4. The van der Waals surface area contributed by atoms with Gasteiger partial charge in [0.2, 0.25) is 0 Å². The first-order chi connectivity index (χ1) is 17.1. The van der Waals surface area contributed by atoms with E-state index in [4.69, 9.17) is 0 Å². The Morgan fingerprint density at radius 2 is 1.66 bits per heavy atom. The minimum absolute atomic E-state index is 0.0118. The molecular weight excluding hydrogens is 500 g/mol. The van der Waals surface area contributed by atoms with Crippen molar-refractivity contribution in [3.63, 3.8) is 0 Å². The molecule has 5 nitrogen and oxygen atoms in total. The van der Waals surface area contributed by atoms with Crippen LogP contribution in [0.3, 0.4) is 0 Å². The molecule has 0 amide bonds. The SMILES string of the molecule is N#CC1=CN2[C@H](C=C1)[C@H](C(=C(C#N)C#N)c1ccccc1)[C@@H](c1ccc(Br)cc1)[C@@H]2C(=O)C1CC1. The third-order valence-corrected chi connectivity index (χ3v) is 7.62. The van der Waals surface area contributed by atoms with Gasteiger partial charge in [0.15, 0.2) is 5.78 Å². The fraction of sp³-hybridized carbons (Fsp3) is 0.241. The molecule has 2 aliphatic heterocycles. The zero-order valence-electron chi connectivity index (χ0n) is 18.8. The van der Waals surface area contributed by atoms with Crippen LogP contribution in [0.2, 0.25) is 0 Å². The number of halogens is 1. The Bertz CT molecular complexity index is 1370.